The maximum Gasteiger partial charge on any atom is 0.0628 e. The normalized spacial score (nSPS) is 16.1. The van der Waals surface area contributed by atoms with E-state index in [2.05, 4.69) is 40.3 Å². The number of rotatable bonds is 9. The van der Waals surface area contributed by atoms with E-state index in [1.165, 1.54) is 18.4 Å². The van der Waals surface area contributed by atoms with E-state index in [-0.39, 0.29) is 11.5 Å². The topological polar surface area (TPSA) is 20.2 Å². The smallest absolute Gasteiger partial charge is 0.0628 e. The minimum Gasteiger partial charge on any atom is -0.392 e. The van der Waals surface area contributed by atoms with E-state index in [1.807, 2.05) is 6.08 Å². The lowest BCUT2D eigenvalue weighted by Gasteiger charge is -2.31. The van der Waals surface area contributed by atoms with Crippen LogP contribution in [0.3, 0.4) is 0 Å². The van der Waals surface area contributed by atoms with E-state index < -0.39 is 0 Å². The van der Waals surface area contributed by atoms with Crippen molar-refractivity contribution >= 4 is 0 Å². The minimum absolute atomic E-state index is 0.139. The van der Waals surface area contributed by atoms with Crippen molar-refractivity contribution in [3.63, 3.8) is 0 Å². The van der Waals surface area contributed by atoms with Crippen LogP contribution in [0.25, 0.3) is 0 Å². The van der Waals surface area contributed by atoms with Gasteiger partial charge in [-0.05, 0) is 33.1 Å². The molecule has 0 unspecified atom stereocenters. The molecule has 0 fully saturated rings. The van der Waals surface area contributed by atoms with E-state index in [9.17, 15) is 5.11 Å². The van der Waals surface area contributed by atoms with Crippen LogP contribution in [0.4, 0.5) is 0 Å². The van der Waals surface area contributed by atoms with Crippen LogP contribution in [0.15, 0.2) is 24.3 Å². The molecular weight excluding hydrogens is 208 g/mol. The average Bonchev–Trinajstić information content (AvgIpc) is 2.28. The molecule has 0 heterocycles. The number of aliphatic hydroxyl groups excluding tert-OH is 1. The van der Waals surface area contributed by atoms with Crippen molar-refractivity contribution < 1.29 is 5.11 Å². The Balaban J connectivity index is 4.23. The third-order valence-corrected chi connectivity index (χ3v) is 3.54. The molecule has 2 atom stereocenters. The molecule has 0 aliphatic heterocycles. The Kier molecular flexibility index (Phi) is 8.24. The van der Waals surface area contributed by atoms with Gasteiger partial charge in [0.05, 0.1) is 6.10 Å². The summed E-state index contributed by atoms with van der Waals surface area (Å²) in [5.74, 6) is 0. The van der Waals surface area contributed by atoms with Gasteiger partial charge in [0.2, 0.25) is 0 Å². The molecule has 1 nitrogen and oxygen atoms in total. The van der Waals surface area contributed by atoms with E-state index in [0.717, 1.165) is 25.7 Å². The molecular formula is C16H30O. The highest BCUT2D eigenvalue weighted by molar-refractivity contribution is 5.00. The highest BCUT2D eigenvalue weighted by Crippen LogP contribution is 2.32. The summed E-state index contributed by atoms with van der Waals surface area (Å²) in [6, 6.07) is 0. The van der Waals surface area contributed by atoms with Crippen molar-refractivity contribution in [1.82, 2.24) is 0 Å². The van der Waals surface area contributed by atoms with E-state index in [1.54, 1.807) is 0 Å². The van der Waals surface area contributed by atoms with Crippen LogP contribution in [-0.2, 0) is 0 Å². The maximum atomic E-state index is 10.3. The van der Waals surface area contributed by atoms with Gasteiger partial charge in [0.1, 0.15) is 0 Å². The molecule has 0 radical (unpaired) electrons. The summed E-state index contributed by atoms with van der Waals surface area (Å²) < 4.78 is 0. The van der Waals surface area contributed by atoms with Crippen LogP contribution in [0, 0.1) is 5.41 Å². The van der Waals surface area contributed by atoms with Gasteiger partial charge in [-0.15, -0.1) is 6.58 Å². The summed E-state index contributed by atoms with van der Waals surface area (Å²) in [6.45, 7) is 12.4. The molecule has 100 valence electrons. The zero-order valence-electron chi connectivity index (χ0n) is 12.1. The fraction of sp³-hybridized carbons (Fsp3) is 0.750. The Bertz CT molecular complexity index is 238. The predicted molar refractivity (Wildman–Crippen MR) is 77.1 cm³/mol. The predicted octanol–water partition coefficient (Wildman–Crippen LogP) is 4.87. The third kappa shape index (κ3) is 6.68. The molecule has 0 aliphatic carbocycles. The first-order chi connectivity index (χ1) is 7.96. The van der Waals surface area contributed by atoms with Crippen molar-refractivity contribution in [1.29, 1.82) is 0 Å². The largest absolute Gasteiger partial charge is 0.392 e. The Morgan fingerprint density at radius 2 is 2.00 bits per heavy atom. The zero-order chi connectivity index (χ0) is 13.3. The summed E-state index contributed by atoms with van der Waals surface area (Å²) >= 11 is 0. The summed E-state index contributed by atoms with van der Waals surface area (Å²) in [5.41, 5.74) is 1.21. The monoisotopic (exact) mass is 238 g/mol. The number of hydrogen-bond donors (Lipinski definition) is 1. The Morgan fingerprint density at radius 3 is 2.47 bits per heavy atom. The molecule has 0 rings (SSSR count). The number of unbranched alkanes of at least 4 members (excludes halogenated alkanes) is 2. The second-order valence-corrected chi connectivity index (χ2v) is 5.54. The van der Waals surface area contributed by atoms with Gasteiger partial charge in [0.15, 0.2) is 0 Å². The molecule has 0 bridgehead atoms. The van der Waals surface area contributed by atoms with Gasteiger partial charge in [-0.1, -0.05) is 50.8 Å². The molecule has 0 aromatic carbocycles. The number of aliphatic hydroxyl groups is 1. The van der Waals surface area contributed by atoms with Crippen molar-refractivity contribution in [3.8, 4) is 0 Å². The highest BCUT2D eigenvalue weighted by Gasteiger charge is 2.28. The molecule has 0 amide bonds. The van der Waals surface area contributed by atoms with Gasteiger partial charge in [-0.2, -0.15) is 0 Å². The highest BCUT2D eigenvalue weighted by atomic mass is 16.3. The summed E-state index contributed by atoms with van der Waals surface area (Å²) in [7, 11) is 0. The fourth-order valence-electron chi connectivity index (χ4n) is 1.99. The fourth-order valence-corrected chi connectivity index (χ4v) is 1.99. The van der Waals surface area contributed by atoms with Gasteiger partial charge in [0, 0.05) is 5.41 Å². The molecule has 0 aliphatic rings. The Hall–Kier alpha value is -0.560. The molecule has 0 saturated heterocycles. The molecule has 1 heteroatoms. The van der Waals surface area contributed by atoms with Crippen molar-refractivity contribution in [2.75, 3.05) is 0 Å². The van der Waals surface area contributed by atoms with Crippen LogP contribution in [-0.4, -0.2) is 11.2 Å². The third-order valence-electron chi connectivity index (χ3n) is 3.54. The van der Waals surface area contributed by atoms with Gasteiger partial charge >= 0.3 is 0 Å². The minimum atomic E-state index is -0.253. The van der Waals surface area contributed by atoms with Crippen LogP contribution in [0.5, 0.6) is 0 Å². The summed E-state index contributed by atoms with van der Waals surface area (Å²) in [5, 5.41) is 10.3. The van der Waals surface area contributed by atoms with Crippen LogP contribution >= 0.6 is 0 Å². The van der Waals surface area contributed by atoms with Gasteiger partial charge in [-0.3, -0.25) is 0 Å². The van der Waals surface area contributed by atoms with Crippen molar-refractivity contribution in [3.05, 3.63) is 24.3 Å². The Morgan fingerprint density at radius 1 is 1.35 bits per heavy atom. The van der Waals surface area contributed by atoms with Gasteiger partial charge in [0.25, 0.3) is 0 Å². The van der Waals surface area contributed by atoms with E-state index in [4.69, 9.17) is 0 Å². The summed E-state index contributed by atoms with van der Waals surface area (Å²) in [6.07, 6.45) is 10.3. The standard InChI is InChI=1S/C16H30O/c1-6-8-9-12-15(17)16(5,7-2)13-10-11-14(3)4/h7,11,15,17H,2,6,8-10,12-13H2,1,3-5H3/t15-,16-/m1/s1. The average molecular weight is 238 g/mol. The first-order valence-electron chi connectivity index (χ1n) is 6.91. The summed E-state index contributed by atoms with van der Waals surface area (Å²) in [4.78, 5) is 0. The van der Waals surface area contributed by atoms with Crippen LogP contribution in [0.1, 0.15) is 66.2 Å². The molecule has 0 spiro atoms. The molecule has 17 heavy (non-hydrogen) atoms. The second-order valence-electron chi connectivity index (χ2n) is 5.54. The first-order valence-corrected chi connectivity index (χ1v) is 6.91. The molecule has 0 saturated carbocycles. The molecule has 1 N–H and O–H groups in total. The SMILES string of the molecule is C=C[C@](C)(CCC=C(C)C)[C@H](O)CCCCC. The van der Waals surface area contributed by atoms with Crippen molar-refractivity contribution in [2.45, 2.75) is 72.3 Å². The second kappa shape index (κ2) is 8.52. The number of allylic oxidation sites excluding steroid dienone is 2. The van der Waals surface area contributed by atoms with Crippen LogP contribution < -0.4 is 0 Å². The first kappa shape index (κ1) is 16.4. The number of hydrogen-bond acceptors (Lipinski definition) is 1. The molecule has 0 aromatic rings. The van der Waals surface area contributed by atoms with Gasteiger partial charge in [-0.25, -0.2) is 0 Å². The van der Waals surface area contributed by atoms with Crippen molar-refractivity contribution in [2.24, 2.45) is 5.41 Å². The van der Waals surface area contributed by atoms with Gasteiger partial charge < -0.3 is 5.11 Å². The zero-order valence-corrected chi connectivity index (χ0v) is 12.1. The van der Waals surface area contributed by atoms with Crippen LogP contribution in [0.2, 0.25) is 0 Å². The maximum absolute atomic E-state index is 10.3. The lowest BCUT2D eigenvalue weighted by Crippen LogP contribution is -2.30. The molecule has 0 aromatic heterocycles. The van der Waals surface area contributed by atoms with E-state index >= 15 is 0 Å². The van der Waals surface area contributed by atoms with E-state index in [0.29, 0.717) is 0 Å². The Labute approximate surface area is 108 Å². The lowest BCUT2D eigenvalue weighted by atomic mass is 9.78. The lowest BCUT2D eigenvalue weighted by molar-refractivity contribution is 0.0554. The quantitative estimate of drug-likeness (QED) is 0.449.